The third-order valence-corrected chi connectivity index (χ3v) is 1.90. The van der Waals surface area contributed by atoms with E-state index in [-0.39, 0.29) is 0 Å². The number of allylic oxidation sites excluding steroid dienone is 2. The van der Waals surface area contributed by atoms with Crippen molar-refractivity contribution < 1.29 is 0 Å². The Labute approximate surface area is 74.2 Å². The highest BCUT2D eigenvalue weighted by Gasteiger charge is 2.04. The van der Waals surface area contributed by atoms with Crippen LogP contribution in [0, 0.1) is 12.8 Å². The zero-order chi connectivity index (χ0) is 8.97. The summed E-state index contributed by atoms with van der Waals surface area (Å²) in [7, 11) is 0. The Balaban J connectivity index is 3.08. The van der Waals surface area contributed by atoms with Crippen molar-refractivity contribution in [2.45, 2.75) is 6.92 Å². The Hall–Kier alpha value is -1.30. The molecule has 0 saturated heterocycles. The summed E-state index contributed by atoms with van der Waals surface area (Å²) in [4.78, 5) is 0. The lowest BCUT2D eigenvalue weighted by molar-refractivity contribution is 1.29. The Morgan fingerprint density at radius 2 is 1.75 bits per heavy atom. The minimum Gasteiger partial charge on any atom is -0.102 e. The summed E-state index contributed by atoms with van der Waals surface area (Å²) in [5.41, 5.74) is 2.47. The number of hydrogen-bond acceptors (Lipinski definition) is 0. The normalized spacial score (nSPS) is 9.83. The molecule has 0 amide bonds. The summed E-state index contributed by atoms with van der Waals surface area (Å²) in [6.07, 6.45) is 3.66. The van der Waals surface area contributed by atoms with E-state index < -0.39 is 0 Å². The molecule has 0 N–H and O–H groups in total. The molecule has 0 heteroatoms. The molecule has 1 radical (unpaired) electrons. The van der Waals surface area contributed by atoms with E-state index in [1.54, 1.807) is 0 Å². The highest BCUT2D eigenvalue weighted by molar-refractivity contribution is 5.46. The number of hydrogen-bond donors (Lipinski definition) is 0. The zero-order valence-corrected chi connectivity index (χ0v) is 7.38. The number of rotatable bonds is 3. The first kappa shape index (κ1) is 8.79. The lowest BCUT2D eigenvalue weighted by Gasteiger charge is -2.09. The second-order valence-corrected chi connectivity index (χ2v) is 2.68. The fraction of sp³-hybridized carbons (Fsp3) is 0.0833. The van der Waals surface area contributed by atoms with Gasteiger partial charge in [0, 0.05) is 5.92 Å². The lowest BCUT2D eigenvalue weighted by Crippen LogP contribution is -1.93. The SMILES string of the molecule is C=C[C](C=C)c1ccccc1C. The monoisotopic (exact) mass is 157 g/mol. The molecule has 61 valence electrons. The number of aryl methyl sites for hydroxylation is 1. The first-order chi connectivity index (χ1) is 5.79. The van der Waals surface area contributed by atoms with E-state index in [0.717, 1.165) is 5.92 Å². The van der Waals surface area contributed by atoms with Gasteiger partial charge in [-0.3, -0.25) is 0 Å². The van der Waals surface area contributed by atoms with Crippen LogP contribution in [0.5, 0.6) is 0 Å². The summed E-state index contributed by atoms with van der Waals surface area (Å²) >= 11 is 0. The average Bonchev–Trinajstić information content (AvgIpc) is 2.10. The van der Waals surface area contributed by atoms with Crippen LogP contribution in [0.3, 0.4) is 0 Å². The molecule has 0 saturated carbocycles. The van der Waals surface area contributed by atoms with E-state index in [1.165, 1.54) is 11.1 Å². The second kappa shape index (κ2) is 3.91. The molecule has 0 atom stereocenters. The zero-order valence-electron chi connectivity index (χ0n) is 7.38. The predicted molar refractivity (Wildman–Crippen MR) is 53.9 cm³/mol. The van der Waals surface area contributed by atoms with Crippen LogP contribution in [-0.4, -0.2) is 0 Å². The molecule has 1 aromatic carbocycles. The van der Waals surface area contributed by atoms with E-state index >= 15 is 0 Å². The Kier molecular flexibility index (Phi) is 2.87. The van der Waals surface area contributed by atoms with Crippen LogP contribution in [0.25, 0.3) is 0 Å². The molecular formula is C12H13. The van der Waals surface area contributed by atoms with Gasteiger partial charge in [-0.1, -0.05) is 36.4 Å². The summed E-state index contributed by atoms with van der Waals surface area (Å²) < 4.78 is 0. The minimum atomic E-state index is 1.09. The number of benzene rings is 1. The van der Waals surface area contributed by atoms with Crippen molar-refractivity contribution in [3.05, 3.63) is 66.6 Å². The van der Waals surface area contributed by atoms with Gasteiger partial charge in [-0.15, -0.1) is 13.2 Å². The van der Waals surface area contributed by atoms with Crippen LogP contribution < -0.4 is 0 Å². The Bertz CT molecular complexity index is 276. The minimum absolute atomic E-state index is 1.09. The highest BCUT2D eigenvalue weighted by atomic mass is 14.1. The van der Waals surface area contributed by atoms with Crippen molar-refractivity contribution in [1.82, 2.24) is 0 Å². The molecular weight excluding hydrogens is 144 g/mol. The molecule has 0 bridgehead atoms. The maximum Gasteiger partial charge on any atom is 0.0476 e. The molecule has 0 aliphatic rings. The Morgan fingerprint density at radius 1 is 1.17 bits per heavy atom. The smallest absolute Gasteiger partial charge is 0.0476 e. The van der Waals surface area contributed by atoms with Crippen LogP contribution in [0.1, 0.15) is 11.1 Å². The van der Waals surface area contributed by atoms with Gasteiger partial charge in [-0.25, -0.2) is 0 Å². The predicted octanol–water partition coefficient (Wildman–Crippen LogP) is 3.29. The highest BCUT2D eigenvalue weighted by Crippen LogP contribution is 2.19. The Morgan fingerprint density at radius 3 is 2.25 bits per heavy atom. The van der Waals surface area contributed by atoms with Crippen molar-refractivity contribution in [2.24, 2.45) is 0 Å². The van der Waals surface area contributed by atoms with E-state index in [9.17, 15) is 0 Å². The van der Waals surface area contributed by atoms with Crippen LogP contribution >= 0.6 is 0 Å². The van der Waals surface area contributed by atoms with Gasteiger partial charge < -0.3 is 0 Å². The van der Waals surface area contributed by atoms with Crippen molar-refractivity contribution >= 4 is 0 Å². The van der Waals surface area contributed by atoms with E-state index in [2.05, 4.69) is 32.2 Å². The molecule has 0 aromatic heterocycles. The average molecular weight is 157 g/mol. The lowest BCUT2D eigenvalue weighted by atomic mass is 9.95. The van der Waals surface area contributed by atoms with Gasteiger partial charge in [0.05, 0.1) is 0 Å². The van der Waals surface area contributed by atoms with Gasteiger partial charge >= 0.3 is 0 Å². The topological polar surface area (TPSA) is 0 Å². The van der Waals surface area contributed by atoms with Crippen LogP contribution in [0.2, 0.25) is 0 Å². The van der Waals surface area contributed by atoms with Gasteiger partial charge in [0.15, 0.2) is 0 Å². The fourth-order valence-electron chi connectivity index (χ4n) is 1.20. The molecule has 1 rings (SSSR count). The molecule has 0 aliphatic carbocycles. The summed E-state index contributed by atoms with van der Waals surface area (Å²) in [6, 6.07) is 8.22. The maximum absolute atomic E-state index is 3.74. The van der Waals surface area contributed by atoms with Crippen LogP contribution in [-0.2, 0) is 0 Å². The molecule has 12 heavy (non-hydrogen) atoms. The van der Waals surface area contributed by atoms with E-state index in [0.29, 0.717) is 0 Å². The van der Waals surface area contributed by atoms with Crippen molar-refractivity contribution in [3.8, 4) is 0 Å². The van der Waals surface area contributed by atoms with Gasteiger partial charge in [-0.2, -0.15) is 0 Å². The molecule has 0 fully saturated rings. The molecule has 0 aliphatic heterocycles. The van der Waals surface area contributed by atoms with Crippen molar-refractivity contribution in [3.63, 3.8) is 0 Å². The molecule has 0 nitrogen and oxygen atoms in total. The second-order valence-electron chi connectivity index (χ2n) is 2.68. The van der Waals surface area contributed by atoms with Crippen LogP contribution in [0.4, 0.5) is 0 Å². The molecule has 0 unspecified atom stereocenters. The fourth-order valence-corrected chi connectivity index (χ4v) is 1.20. The van der Waals surface area contributed by atoms with Gasteiger partial charge in [-0.05, 0) is 18.1 Å². The van der Waals surface area contributed by atoms with Crippen molar-refractivity contribution in [1.29, 1.82) is 0 Å². The van der Waals surface area contributed by atoms with E-state index in [1.807, 2.05) is 24.3 Å². The molecule has 1 aromatic rings. The van der Waals surface area contributed by atoms with Gasteiger partial charge in [0.25, 0.3) is 0 Å². The standard InChI is InChI=1S/C12H13/c1-4-11(5-2)12-9-7-6-8-10(12)3/h4-9H,1-2H2,3H3. The summed E-state index contributed by atoms with van der Waals surface area (Å²) in [5, 5.41) is 0. The van der Waals surface area contributed by atoms with Crippen molar-refractivity contribution in [2.75, 3.05) is 0 Å². The van der Waals surface area contributed by atoms with Gasteiger partial charge in [0.1, 0.15) is 0 Å². The third kappa shape index (κ3) is 1.65. The third-order valence-electron chi connectivity index (χ3n) is 1.90. The maximum atomic E-state index is 3.74. The summed E-state index contributed by atoms with van der Waals surface area (Å²) in [6.45, 7) is 9.57. The first-order valence-electron chi connectivity index (χ1n) is 3.97. The summed E-state index contributed by atoms with van der Waals surface area (Å²) in [5.74, 6) is 1.09. The molecule has 0 heterocycles. The molecule has 0 spiro atoms. The van der Waals surface area contributed by atoms with E-state index in [4.69, 9.17) is 0 Å². The quantitative estimate of drug-likeness (QED) is 0.631. The van der Waals surface area contributed by atoms with Gasteiger partial charge in [0.2, 0.25) is 0 Å². The largest absolute Gasteiger partial charge is 0.102 e. The first-order valence-corrected chi connectivity index (χ1v) is 3.97. The van der Waals surface area contributed by atoms with Crippen LogP contribution in [0.15, 0.2) is 49.6 Å².